The lowest BCUT2D eigenvalue weighted by molar-refractivity contribution is -0.126. The Morgan fingerprint density at radius 3 is 2.79 bits per heavy atom. The zero-order chi connectivity index (χ0) is 24.4. The van der Waals surface area contributed by atoms with Crippen molar-refractivity contribution in [3.63, 3.8) is 0 Å². The van der Waals surface area contributed by atoms with Crippen molar-refractivity contribution in [3.05, 3.63) is 82.4 Å². The Bertz CT molecular complexity index is 1250. The van der Waals surface area contributed by atoms with Crippen molar-refractivity contribution in [2.24, 2.45) is 0 Å². The van der Waals surface area contributed by atoms with Gasteiger partial charge in [-0.2, -0.15) is 4.39 Å². The zero-order valence-electron chi connectivity index (χ0n) is 18.6. The molecule has 2 N–H and O–H groups in total. The van der Waals surface area contributed by atoms with Crippen molar-refractivity contribution >= 4 is 23.4 Å². The number of benzene rings is 2. The number of carbonyl (C=O) groups is 2. The van der Waals surface area contributed by atoms with E-state index in [4.69, 9.17) is 16.3 Å². The van der Waals surface area contributed by atoms with E-state index in [9.17, 15) is 19.1 Å². The summed E-state index contributed by atoms with van der Waals surface area (Å²) < 4.78 is 18.8. The second kappa shape index (κ2) is 9.79. The van der Waals surface area contributed by atoms with Crippen molar-refractivity contribution in [2.45, 2.75) is 25.6 Å². The number of carbonyl (C=O) groups excluding carboxylic acids is 2. The topological polar surface area (TPSA) is 91.8 Å². The SMILES string of the molecule is COc1cccc(C(CO)NC(=O)C(C)N2Cc3ccc(-c4cc(F)ncc4Cl)cc3C2=O)c1. The zero-order valence-corrected chi connectivity index (χ0v) is 19.3. The van der Waals surface area contributed by atoms with Crippen LogP contribution in [0.5, 0.6) is 5.75 Å². The third-order valence-corrected chi connectivity index (χ3v) is 6.22. The van der Waals surface area contributed by atoms with Crippen LogP contribution in [0.3, 0.4) is 0 Å². The number of pyridine rings is 1. The summed E-state index contributed by atoms with van der Waals surface area (Å²) in [5.41, 5.74) is 2.88. The number of fused-ring (bicyclic) bond motifs is 1. The lowest BCUT2D eigenvalue weighted by atomic mass is 10.0. The van der Waals surface area contributed by atoms with Gasteiger partial charge in [0.15, 0.2) is 0 Å². The Labute approximate surface area is 201 Å². The predicted octanol–water partition coefficient (Wildman–Crippen LogP) is 3.74. The molecule has 4 rings (SSSR count). The Morgan fingerprint density at radius 2 is 2.06 bits per heavy atom. The average molecular weight is 484 g/mol. The highest BCUT2D eigenvalue weighted by Gasteiger charge is 2.35. The third kappa shape index (κ3) is 4.60. The maximum Gasteiger partial charge on any atom is 0.255 e. The van der Waals surface area contributed by atoms with Gasteiger partial charge in [0.2, 0.25) is 11.9 Å². The van der Waals surface area contributed by atoms with E-state index in [-0.39, 0.29) is 24.1 Å². The molecule has 0 spiro atoms. The van der Waals surface area contributed by atoms with Crippen molar-refractivity contribution in [2.75, 3.05) is 13.7 Å². The molecule has 7 nitrogen and oxygen atoms in total. The maximum atomic E-state index is 13.6. The lowest BCUT2D eigenvalue weighted by Gasteiger charge is -2.26. The Kier molecular flexibility index (Phi) is 6.81. The predicted molar refractivity (Wildman–Crippen MR) is 125 cm³/mol. The highest BCUT2D eigenvalue weighted by molar-refractivity contribution is 6.33. The number of hydrogen-bond acceptors (Lipinski definition) is 5. The largest absolute Gasteiger partial charge is 0.497 e. The van der Waals surface area contributed by atoms with Gasteiger partial charge in [-0.1, -0.05) is 35.9 Å². The standard InChI is InChI=1S/C25H23ClFN3O4/c1-14(24(32)29-22(13-31)16-4-3-5-18(8-16)34-2)30-12-17-7-6-15(9-20(17)25(30)33)19-10-23(27)28-11-21(19)26/h3-11,14,22,31H,12-13H2,1-2H3,(H,29,32). The number of ether oxygens (including phenoxy) is 1. The number of nitrogens with one attached hydrogen (secondary N) is 1. The Morgan fingerprint density at radius 1 is 1.26 bits per heavy atom. The van der Waals surface area contributed by atoms with Crippen molar-refractivity contribution in [3.8, 4) is 16.9 Å². The number of aliphatic hydroxyl groups excluding tert-OH is 1. The summed E-state index contributed by atoms with van der Waals surface area (Å²) >= 11 is 6.16. The molecule has 1 aromatic heterocycles. The van der Waals surface area contributed by atoms with Gasteiger partial charge in [0, 0.05) is 29.9 Å². The third-order valence-electron chi connectivity index (χ3n) is 5.92. The number of rotatable bonds is 7. The summed E-state index contributed by atoms with van der Waals surface area (Å²) in [5.74, 6) is -0.782. The minimum Gasteiger partial charge on any atom is -0.497 e. The fourth-order valence-electron chi connectivity index (χ4n) is 3.96. The highest BCUT2D eigenvalue weighted by Crippen LogP contribution is 2.33. The minimum atomic E-state index is -0.787. The summed E-state index contributed by atoms with van der Waals surface area (Å²) in [6, 6.07) is 12.0. The molecular formula is C25H23ClFN3O4. The maximum absolute atomic E-state index is 13.6. The van der Waals surface area contributed by atoms with Crippen LogP contribution >= 0.6 is 11.6 Å². The number of hydrogen-bond donors (Lipinski definition) is 2. The van der Waals surface area contributed by atoms with E-state index in [2.05, 4.69) is 10.3 Å². The van der Waals surface area contributed by atoms with Gasteiger partial charge in [0.05, 0.1) is 24.8 Å². The summed E-state index contributed by atoms with van der Waals surface area (Å²) in [6.07, 6.45) is 1.22. The highest BCUT2D eigenvalue weighted by atomic mass is 35.5. The molecule has 2 heterocycles. The molecule has 1 aliphatic rings. The fourth-order valence-corrected chi connectivity index (χ4v) is 4.18. The molecule has 2 unspecified atom stereocenters. The van der Waals surface area contributed by atoms with Gasteiger partial charge in [-0.3, -0.25) is 9.59 Å². The first-order chi connectivity index (χ1) is 16.3. The van der Waals surface area contributed by atoms with Crippen LogP contribution in [0, 0.1) is 5.95 Å². The number of nitrogens with zero attached hydrogens (tertiary/aromatic N) is 2. The van der Waals surface area contributed by atoms with Gasteiger partial charge in [-0.05, 0) is 41.8 Å². The molecule has 0 saturated heterocycles. The van der Waals surface area contributed by atoms with Crippen LogP contribution in [0.1, 0.15) is 34.5 Å². The van der Waals surface area contributed by atoms with Gasteiger partial charge in [-0.15, -0.1) is 0 Å². The first-order valence-electron chi connectivity index (χ1n) is 10.6. The lowest BCUT2D eigenvalue weighted by Crippen LogP contribution is -2.46. The quantitative estimate of drug-likeness (QED) is 0.499. The molecular weight excluding hydrogens is 461 g/mol. The normalized spacial score (nSPS) is 14.5. The summed E-state index contributed by atoms with van der Waals surface area (Å²) in [4.78, 5) is 31.1. The molecule has 3 aromatic rings. The summed E-state index contributed by atoms with van der Waals surface area (Å²) in [5, 5.41) is 12.9. The molecule has 2 amide bonds. The summed E-state index contributed by atoms with van der Waals surface area (Å²) in [7, 11) is 1.54. The molecule has 1 aliphatic heterocycles. The van der Waals surface area contributed by atoms with E-state index < -0.39 is 23.9 Å². The molecule has 9 heteroatoms. The van der Waals surface area contributed by atoms with Crippen LogP contribution in [0.25, 0.3) is 11.1 Å². The Hall–Kier alpha value is -3.49. The monoisotopic (exact) mass is 483 g/mol. The Balaban J connectivity index is 1.52. The van der Waals surface area contributed by atoms with Crippen LogP contribution in [-0.2, 0) is 11.3 Å². The number of methoxy groups -OCH3 is 1. The number of aliphatic hydroxyl groups is 1. The molecule has 0 aliphatic carbocycles. The van der Waals surface area contributed by atoms with Crippen LogP contribution < -0.4 is 10.1 Å². The van der Waals surface area contributed by atoms with Crippen molar-refractivity contribution in [1.29, 1.82) is 0 Å². The van der Waals surface area contributed by atoms with E-state index in [1.54, 1.807) is 49.4 Å². The van der Waals surface area contributed by atoms with Crippen LogP contribution in [0.2, 0.25) is 5.02 Å². The molecule has 0 radical (unpaired) electrons. The van der Waals surface area contributed by atoms with Crippen molar-refractivity contribution in [1.82, 2.24) is 15.2 Å². The fraction of sp³-hybridized carbons (Fsp3) is 0.240. The average Bonchev–Trinajstić information content (AvgIpc) is 3.19. The van der Waals surface area contributed by atoms with E-state index in [0.29, 0.717) is 28.0 Å². The van der Waals surface area contributed by atoms with Crippen LogP contribution in [0.4, 0.5) is 4.39 Å². The molecule has 2 aromatic carbocycles. The van der Waals surface area contributed by atoms with Gasteiger partial charge >= 0.3 is 0 Å². The van der Waals surface area contributed by atoms with E-state index in [1.807, 2.05) is 0 Å². The second-order valence-corrected chi connectivity index (χ2v) is 8.40. The van der Waals surface area contributed by atoms with Crippen molar-refractivity contribution < 1.29 is 23.8 Å². The number of halogens is 2. The van der Waals surface area contributed by atoms with Gasteiger partial charge in [0.1, 0.15) is 11.8 Å². The van der Waals surface area contributed by atoms with Gasteiger partial charge in [-0.25, -0.2) is 4.98 Å². The van der Waals surface area contributed by atoms with Gasteiger partial charge < -0.3 is 20.1 Å². The molecule has 176 valence electrons. The summed E-state index contributed by atoms with van der Waals surface area (Å²) in [6.45, 7) is 1.58. The van der Waals surface area contributed by atoms with Crippen LogP contribution in [-0.4, -0.2) is 46.6 Å². The smallest absolute Gasteiger partial charge is 0.255 e. The molecule has 0 fully saturated rings. The minimum absolute atomic E-state index is 0.254. The molecule has 0 saturated carbocycles. The molecule has 34 heavy (non-hydrogen) atoms. The number of aromatic nitrogens is 1. The first kappa shape index (κ1) is 23.7. The first-order valence-corrected chi connectivity index (χ1v) is 11.0. The van der Waals surface area contributed by atoms with E-state index in [0.717, 1.165) is 5.56 Å². The second-order valence-electron chi connectivity index (χ2n) is 7.99. The molecule has 0 bridgehead atoms. The van der Waals surface area contributed by atoms with E-state index in [1.165, 1.54) is 24.3 Å². The molecule has 2 atom stereocenters. The van der Waals surface area contributed by atoms with E-state index >= 15 is 0 Å². The van der Waals surface area contributed by atoms with Crippen LogP contribution in [0.15, 0.2) is 54.7 Å². The van der Waals surface area contributed by atoms with Gasteiger partial charge in [0.25, 0.3) is 5.91 Å². The number of amides is 2.